The van der Waals surface area contributed by atoms with Crippen LogP contribution < -0.4 is 4.74 Å². The minimum absolute atomic E-state index is 0.264. The number of ether oxygens (including phenoxy) is 1. The largest absolute Gasteiger partial charge is 0.497 e. The van der Waals surface area contributed by atoms with E-state index in [4.69, 9.17) is 16.3 Å². The molecule has 4 aromatic rings. The van der Waals surface area contributed by atoms with Gasteiger partial charge < -0.3 is 4.74 Å². The van der Waals surface area contributed by atoms with Gasteiger partial charge in [-0.3, -0.25) is 4.68 Å². The Morgan fingerprint density at radius 3 is 2.73 bits per heavy atom. The van der Waals surface area contributed by atoms with Gasteiger partial charge in [0, 0.05) is 24.2 Å². The van der Waals surface area contributed by atoms with Crippen LogP contribution in [0.1, 0.15) is 5.82 Å². The highest BCUT2D eigenvalue weighted by Crippen LogP contribution is 2.37. The summed E-state index contributed by atoms with van der Waals surface area (Å²) in [5.74, 6) is 0.663. The summed E-state index contributed by atoms with van der Waals surface area (Å²) >= 11 is 6.27. The van der Waals surface area contributed by atoms with Gasteiger partial charge in [0.15, 0.2) is 5.15 Å². The van der Waals surface area contributed by atoms with E-state index in [2.05, 4.69) is 20.2 Å². The average Bonchev–Trinajstić information content (AvgIpc) is 3.16. The minimum atomic E-state index is -0.420. The summed E-state index contributed by atoms with van der Waals surface area (Å²) in [6.45, 7) is 1.81. The van der Waals surface area contributed by atoms with Crippen LogP contribution in [0.4, 0.5) is 4.39 Å². The quantitative estimate of drug-likeness (QED) is 0.552. The molecular weight excluding hydrogens is 359 g/mol. The summed E-state index contributed by atoms with van der Waals surface area (Å²) in [4.78, 5) is 8.59. The fraction of sp³-hybridized carbons (Fsp3) is 0.176. The number of benzene rings is 1. The molecule has 0 amide bonds. The molecule has 0 aliphatic carbocycles. The molecule has 3 heterocycles. The molecule has 0 saturated heterocycles. The molecule has 4 rings (SSSR count). The first-order chi connectivity index (χ1) is 12.5. The van der Waals surface area contributed by atoms with Crippen LogP contribution in [0, 0.1) is 12.7 Å². The summed E-state index contributed by atoms with van der Waals surface area (Å²) in [6.07, 6.45) is 2.99. The number of nitrogens with zero attached hydrogens (tertiary/aromatic N) is 6. The van der Waals surface area contributed by atoms with Gasteiger partial charge in [-0.25, -0.2) is 18.9 Å². The molecule has 1 aromatic carbocycles. The lowest BCUT2D eigenvalue weighted by Crippen LogP contribution is -1.98. The standard InChI is InChI=1S/C17H14ClFN6O/c1-9-23-14(16-17(18)20-8-22-25(9)16)12-7-21-24(2)15(12)11-5-4-10(26-3)6-13(11)19/h4-8H,1-3H3. The molecule has 3 aromatic heterocycles. The zero-order valence-corrected chi connectivity index (χ0v) is 15.0. The molecule has 0 aliphatic rings. The van der Waals surface area contributed by atoms with Crippen LogP contribution in [0.3, 0.4) is 0 Å². The number of methoxy groups -OCH3 is 1. The molecule has 0 bridgehead atoms. The number of halogens is 2. The van der Waals surface area contributed by atoms with Crippen molar-refractivity contribution in [1.29, 1.82) is 0 Å². The van der Waals surface area contributed by atoms with Gasteiger partial charge in [-0.15, -0.1) is 0 Å². The Kier molecular flexibility index (Phi) is 3.84. The first kappa shape index (κ1) is 16.5. The maximum Gasteiger partial charge on any atom is 0.158 e. The van der Waals surface area contributed by atoms with Crippen LogP contribution in [0.15, 0.2) is 30.7 Å². The second-order valence-corrected chi connectivity index (χ2v) is 6.05. The van der Waals surface area contributed by atoms with Crippen molar-refractivity contribution in [2.45, 2.75) is 6.92 Å². The van der Waals surface area contributed by atoms with E-state index in [1.807, 2.05) is 6.92 Å². The molecule has 0 atom stereocenters. The van der Waals surface area contributed by atoms with Crippen LogP contribution in [-0.2, 0) is 7.05 Å². The van der Waals surface area contributed by atoms with Crippen molar-refractivity contribution in [3.63, 3.8) is 0 Å². The Bertz CT molecular complexity index is 1140. The number of aromatic nitrogens is 6. The molecule has 7 nitrogen and oxygen atoms in total. The van der Waals surface area contributed by atoms with Gasteiger partial charge in [0.05, 0.1) is 19.0 Å². The predicted molar refractivity (Wildman–Crippen MR) is 94.7 cm³/mol. The van der Waals surface area contributed by atoms with Crippen molar-refractivity contribution in [3.05, 3.63) is 47.5 Å². The molecule has 132 valence electrons. The minimum Gasteiger partial charge on any atom is -0.497 e. The van der Waals surface area contributed by atoms with E-state index in [0.29, 0.717) is 39.6 Å². The fourth-order valence-corrected chi connectivity index (χ4v) is 3.19. The fourth-order valence-electron chi connectivity index (χ4n) is 2.97. The van der Waals surface area contributed by atoms with Gasteiger partial charge in [-0.2, -0.15) is 10.2 Å². The first-order valence-electron chi connectivity index (χ1n) is 7.73. The average molecular weight is 373 g/mol. The number of hydrogen-bond acceptors (Lipinski definition) is 5. The Morgan fingerprint density at radius 2 is 2.00 bits per heavy atom. The molecule has 26 heavy (non-hydrogen) atoms. The Balaban J connectivity index is 2.00. The number of fused-ring (bicyclic) bond motifs is 1. The van der Waals surface area contributed by atoms with Crippen LogP contribution >= 0.6 is 11.6 Å². The smallest absolute Gasteiger partial charge is 0.158 e. The van der Waals surface area contributed by atoms with Crippen molar-refractivity contribution >= 4 is 17.1 Å². The third-order valence-corrected chi connectivity index (χ3v) is 4.45. The highest BCUT2D eigenvalue weighted by molar-refractivity contribution is 6.33. The van der Waals surface area contributed by atoms with Crippen LogP contribution in [0.5, 0.6) is 5.75 Å². The van der Waals surface area contributed by atoms with E-state index in [1.54, 1.807) is 34.6 Å². The highest BCUT2D eigenvalue weighted by Gasteiger charge is 2.23. The van der Waals surface area contributed by atoms with Crippen molar-refractivity contribution in [2.75, 3.05) is 7.11 Å². The lowest BCUT2D eigenvalue weighted by atomic mass is 10.0. The molecular formula is C17H14ClFN6O. The van der Waals surface area contributed by atoms with Crippen molar-refractivity contribution < 1.29 is 9.13 Å². The zero-order valence-electron chi connectivity index (χ0n) is 14.2. The van der Waals surface area contributed by atoms with Gasteiger partial charge in [0.1, 0.15) is 34.9 Å². The number of imidazole rings is 1. The number of rotatable bonds is 3. The van der Waals surface area contributed by atoms with Gasteiger partial charge in [-0.05, 0) is 19.1 Å². The van der Waals surface area contributed by atoms with Gasteiger partial charge in [0.25, 0.3) is 0 Å². The maximum absolute atomic E-state index is 14.7. The third kappa shape index (κ3) is 2.41. The van der Waals surface area contributed by atoms with Crippen LogP contribution in [0.2, 0.25) is 5.15 Å². The number of aryl methyl sites for hydroxylation is 2. The van der Waals surface area contributed by atoms with Crippen molar-refractivity contribution in [1.82, 2.24) is 29.4 Å². The summed E-state index contributed by atoms with van der Waals surface area (Å²) in [5.41, 5.74) is 2.69. The Labute approximate surface area is 153 Å². The maximum atomic E-state index is 14.7. The molecule has 0 radical (unpaired) electrons. The van der Waals surface area contributed by atoms with E-state index in [0.717, 1.165) is 0 Å². The third-order valence-electron chi connectivity index (χ3n) is 4.18. The highest BCUT2D eigenvalue weighted by atomic mass is 35.5. The predicted octanol–water partition coefficient (Wildman–Crippen LogP) is 3.30. The van der Waals surface area contributed by atoms with E-state index in [-0.39, 0.29) is 5.15 Å². The van der Waals surface area contributed by atoms with Crippen LogP contribution in [0.25, 0.3) is 28.0 Å². The monoisotopic (exact) mass is 372 g/mol. The molecule has 0 spiro atoms. The lowest BCUT2D eigenvalue weighted by Gasteiger charge is -2.08. The molecule has 0 fully saturated rings. The Hall–Kier alpha value is -3.00. The van der Waals surface area contributed by atoms with E-state index in [9.17, 15) is 4.39 Å². The van der Waals surface area contributed by atoms with Gasteiger partial charge in [0.2, 0.25) is 0 Å². The number of hydrogen-bond donors (Lipinski definition) is 0. The van der Waals surface area contributed by atoms with Gasteiger partial charge in [-0.1, -0.05) is 11.6 Å². The molecule has 0 unspecified atom stereocenters. The van der Waals surface area contributed by atoms with E-state index < -0.39 is 5.82 Å². The summed E-state index contributed by atoms with van der Waals surface area (Å²) < 4.78 is 23.0. The van der Waals surface area contributed by atoms with E-state index in [1.165, 1.54) is 19.5 Å². The van der Waals surface area contributed by atoms with Crippen molar-refractivity contribution in [3.8, 4) is 28.3 Å². The summed E-state index contributed by atoms with van der Waals surface area (Å²) in [7, 11) is 3.23. The van der Waals surface area contributed by atoms with Crippen LogP contribution in [-0.4, -0.2) is 36.5 Å². The first-order valence-corrected chi connectivity index (χ1v) is 8.11. The molecule has 9 heteroatoms. The molecule has 0 saturated carbocycles. The van der Waals surface area contributed by atoms with E-state index >= 15 is 0 Å². The lowest BCUT2D eigenvalue weighted by molar-refractivity contribution is 0.411. The normalized spacial score (nSPS) is 11.3. The summed E-state index contributed by atoms with van der Waals surface area (Å²) in [5, 5.41) is 8.73. The zero-order chi connectivity index (χ0) is 18.4. The second-order valence-electron chi connectivity index (χ2n) is 5.70. The molecule has 0 N–H and O–H groups in total. The second kappa shape index (κ2) is 6.06. The topological polar surface area (TPSA) is 70.1 Å². The van der Waals surface area contributed by atoms with Gasteiger partial charge >= 0.3 is 0 Å². The Morgan fingerprint density at radius 1 is 1.19 bits per heavy atom. The molecule has 0 aliphatic heterocycles. The van der Waals surface area contributed by atoms with Crippen molar-refractivity contribution in [2.24, 2.45) is 7.05 Å². The summed E-state index contributed by atoms with van der Waals surface area (Å²) in [6, 6.07) is 4.68. The SMILES string of the molecule is COc1ccc(-c2c(-c3nc(C)n4ncnc(Cl)c34)cnn2C)c(F)c1.